The summed E-state index contributed by atoms with van der Waals surface area (Å²) in [6, 6.07) is 7.31. The van der Waals surface area contributed by atoms with Gasteiger partial charge in [-0.1, -0.05) is 17.3 Å². The Kier molecular flexibility index (Phi) is 3.96. The first kappa shape index (κ1) is 17.2. The number of fused-ring (bicyclic) bond motifs is 1. The highest BCUT2D eigenvalue weighted by Gasteiger charge is 2.25. The highest BCUT2D eigenvalue weighted by Crippen LogP contribution is 2.28. The molecule has 0 aliphatic carbocycles. The number of nitrogens with one attached hydrogen (secondary N) is 1. The van der Waals surface area contributed by atoms with Gasteiger partial charge in [0.1, 0.15) is 5.69 Å². The Morgan fingerprint density at radius 3 is 2.70 bits per heavy atom. The van der Waals surface area contributed by atoms with Gasteiger partial charge in [-0.15, -0.1) is 0 Å². The first-order chi connectivity index (χ1) is 12.8. The average Bonchev–Trinajstić information content (AvgIpc) is 3.20. The average molecular weight is 383 g/mol. The Bertz CT molecular complexity index is 1200. The smallest absolute Gasteiger partial charge is 0.267 e. The number of imidazole rings is 1. The largest absolute Gasteiger partial charge is 0.360 e. The van der Waals surface area contributed by atoms with Gasteiger partial charge >= 0.3 is 0 Å². The fourth-order valence-electron chi connectivity index (χ4n) is 2.91. The molecule has 9 heteroatoms. The van der Waals surface area contributed by atoms with Crippen molar-refractivity contribution in [1.82, 2.24) is 19.5 Å². The van der Waals surface area contributed by atoms with Crippen LogP contribution in [0, 0.1) is 20.8 Å². The Morgan fingerprint density at radius 2 is 2.00 bits per heavy atom. The first-order valence-electron chi connectivity index (χ1n) is 8.21. The lowest BCUT2D eigenvalue weighted by Gasteiger charge is -2.11. The van der Waals surface area contributed by atoms with E-state index in [2.05, 4.69) is 19.8 Å². The molecule has 27 heavy (non-hydrogen) atoms. The normalized spacial score (nSPS) is 11.8. The Morgan fingerprint density at radius 1 is 1.19 bits per heavy atom. The third kappa shape index (κ3) is 3.06. The Hall–Kier alpha value is -3.20. The summed E-state index contributed by atoms with van der Waals surface area (Å²) in [4.78, 5) is 8.74. The minimum absolute atomic E-state index is 0.0595. The molecule has 0 radical (unpaired) electrons. The van der Waals surface area contributed by atoms with Gasteiger partial charge in [-0.05, 0) is 38.5 Å². The summed E-state index contributed by atoms with van der Waals surface area (Å²) in [5.74, 6) is 0.825. The molecule has 4 aromatic rings. The predicted octanol–water partition coefficient (Wildman–Crippen LogP) is 3.11. The van der Waals surface area contributed by atoms with Crippen LogP contribution < -0.4 is 4.72 Å². The van der Waals surface area contributed by atoms with Gasteiger partial charge in [0.05, 0.1) is 11.4 Å². The lowest BCUT2D eigenvalue weighted by atomic mass is 10.1. The Balaban J connectivity index is 1.75. The molecule has 1 aromatic carbocycles. The van der Waals surface area contributed by atoms with Gasteiger partial charge in [-0.25, -0.2) is 18.4 Å². The zero-order valence-electron chi connectivity index (χ0n) is 15.0. The SMILES string of the molecule is Cc1ccc(-c2cn3cccnc3n2)cc1NS(=O)(=O)c1c(C)noc1C. The van der Waals surface area contributed by atoms with Crippen LogP contribution >= 0.6 is 0 Å². The van der Waals surface area contributed by atoms with E-state index in [1.165, 1.54) is 0 Å². The van der Waals surface area contributed by atoms with E-state index < -0.39 is 10.0 Å². The third-order valence-electron chi connectivity index (χ3n) is 4.25. The number of aromatic nitrogens is 4. The monoisotopic (exact) mass is 383 g/mol. The summed E-state index contributed by atoms with van der Waals surface area (Å²) in [6.07, 6.45) is 5.37. The molecule has 0 saturated heterocycles. The summed E-state index contributed by atoms with van der Waals surface area (Å²) < 4.78 is 35.0. The second kappa shape index (κ2) is 6.20. The quantitative estimate of drug-likeness (QED) is 0.581. The number of sulfonamides is 1. The van der Waals surface area contributed by atoms with Gasteiger partial charge in [0.25, 0.3) is 10.0 Å². The molecule has 0 amide bonds. The molecule has 0 aliphatic heterocycles. The van der Waals surface area contributed by atoms with Crippen LogP contribution in [0.15, 0.2) is 52.3 Å². The maximum Gasteiger partial charge on any atom is 0.267 e. The maximum absolute atomic E-state index is 12.8. The summed E-state index contributed by atoms with van der Waals surface area (Å²) in [6.45, 7) is 5.00. The van der Waals surface area contributed by atoms with Gasteiger partial charge < -0.3 is 4.52 Å². The van der Waals surface area contributed by atoms with Gasteiger partial charge in [0.15, 0.2) is 10.7 Å². The Labute approximate surface area is 155 Å². The lowest BCUT2D eigenvalue weighted by Crippen LogP contribution is -2.15. The molecular weight excluding hydrogens is 366 g/mol. The van der Waals surface area contributed by atoms with E-state index in [1.54, 1.807) is 26.1 Å². The number of benzene rings is 1. The molecule has 0 spiro atoms. The van der Waals surface area contributed by atoms with Crippen LogP contribution in [-0.2, 0) is 10.0 Å². The zero-order valence-corrected chi connectivity index (χ0v) is 15.8. The summed E-state index contributed by atoms with van der Waals surface area (Å²) in [7, 11) is -3.82. The predicted molar refractivity (Wildman–Crippen MR) is 99.9 cm³/mol. The fraction of sp³-hybridized carbons (Fsp3) is 0.167. The highest BCUT2D eigenvalue weighted by atomic mass is 32.2. The second-order valence-corrected chi connectivity index (χ2v) is 7.86. The minimum atomic E-state index is -3.82. The van der Waals surface area contributed by atoms with Crippen molar-refractivity contribution in [3.05, 3.63) is 59.9 Å². The van der Waals surface area contributed by atoms with E-state index in [9.17, 15) is 8.42 Å². The molecule has 0 saturated carbocycles. The number of aryl methyl sites for hydroxylation is 3. The number of hydrogen-bond donors (Lipinski definition) is 1. The molecule has 1 N–H and O–H groups in total. The van der Waals surface area contributed by atoms with E-state index in [-0.39, 0.29) is 10.7 Å². The summed E-state index contributed by atoms with van der Waals surface area (Å²) >= 11 is 0. The van der Waals surface area contributed by atoms with Crippen LogP contribution in [0.3, 0.4) is 0 Å². The van der Waals surface area contributed by atoms with Crippen molar-refractivity contribution in [2.75, 3.05) is 4.72 Å². The van der Waals surface area contributed by atoms with Crippen molar-refractivity contribution in [2.45, 2.75) is 25.7 Å². The van der Waals surface area contributed by atoms with Crippen LogP contribution in [0.5, 0.6) is 0 Å². The number of hydrogen-bond acceptors (Lipinski definition) is 6. The molecule has 0 unspecified atom stereocenters. The molecule has 4 rings (SSSR count). The van der Waals surface area contributed by atoms with E-state index in [0.29, 0.717) is 22.9 Å². The molecule has 0 aliphatic rings. The molecule has 138 valence electrons. The first-order valence-corrected chi connectivity index (χ1v) is 9.70. The molecule has 0 bridgehead atoms. The maximum atomic E-state index is 12.8. The molecule has 0 fully saturated rings. The zero-order chi connectivity index (χ0) is 19.2. The summed E-state index contributed by atoms with van der Waals surface area (Å²) in [5, 5.41) is 3.72. The van der Waals surface area contributed by atoms with Crippen molar-refractivity contribution >= 4 is 21.5 Å². The van der Waals surface area contributed by atoms with Crippen molar-refractivity contribution in [3.63, 3.8) is 0 Å². The van der Waals surface area contributed by atoms with E-state index in [4.69, 9.17) is 4.52 Å². The highest BCUT2D eigenvalue weighted by molar-refractivity contribution is 7.92. The van der Waals surface area contributed by atoms with Crippen LogP contribution in [0.4, 0.5) is 5.69 Å². The van der Waals surface area contributed by atoms with Crippen molar-refractivity contribution in [2.24, 2.45) is 0 Å². The van der Waals surface area contributed by atoms with Gasteiger partial charge in [0.2, 0.25) is 5.78 Å². The lowest BCUT2D eigenvalue weighted by molar-refractivity contribution is 0.390. The molecular formula is C18H17N5O3S. The number of rotatable bonds is 4. The fourth-order valence-corrected chi connectivity index (χ4v) is 4.37. The number of nitrogens with zero attached hydrogens (tertiary/aromatic N) is 4. The topological polar surface area (TPSA) is 102 Å². The minimum Gasteiger partial charge on any atom is -0.360 e. The molecule has 8 nitrogen and oxygen atoms in total. The van der Waals surface area contributed by atoms with Crippen LogP contribution in [-0.4, -0.2) is 27.9 Å². The van der Waals surface area contributed by atoms with Gasteiger partial charge in [-0.2, -0.15) is 0 Å². The van der Waals surface area contributed by atoms with Crippen LogP contribution in [0.1, 0.15) is 17.0 Å². The third-order valence-corrected chi connectivity index (χ3v) is 5.86. The van der Waals surface area contributed by atoms with Crippen molar-refractivity contribution in [1.29, 1.82) is 0 Å². The molecule has 3 aromatic heterocycles. The standard InChI is InChI=1S/C18H17N5O3S/c1-11-5-6-14(16-10-23-8-4-7-19-18(23)20-16)9-15(11)22-27(24,25)17-12(2)21-26-13(17)3/h4-10,22H,1-3H3. The van der Waals surface area contributed by atoms with Gasteiger partial charge in [-0.3, -0.25) is 9.12 Å². The van der Waals surface area contributed by atoms with Crippen molar-refractivity contribution in [3.8, 4) is 11.3 Å². The van der Waals surface area contributed by atoms with E-state index in [0.717, 1.165) is 11.1 Å². The van der Waals surface area contributed by atoms with E-state index in [1.807, 2.05) is 41.9 Å². The van der Waals surface area contributed by atoms with Crippen LogP contribution in [0.2, 0.25) is 0 Å². The summed E-state index contributed by atoms with van der Waals surface area (Å²) in [5.41, 5.74) is 3.06. The molecule has 3 heterocycles. The molecule has 0 atom stereocenters. The van der Waals surface area contributed by atoms with Crippen LogP contribution in [0.25, 0.3) is 17.0 Å². The van der Waals surface area contributed by atoms with Crippen molar-refractivity contribution < 1.29 is 12.9 Å². The van der Waals surface area contributed by atoms with Gasteiger partial charge in [0, 0.05) is 24.2 Å². The second-order valence-electron chi connectivity index (χ2n) is 6.24. The van der Waals surface area contributed by atoms with E-state index >= 15 is 0 Å². The number of anilines is 1.